The van der Waals surface area contributed by atoms with Crippen LogP contribution in [0.5, 0.6) is 11.5 Å². The number of halogens is 1. The van der Waals surface area contributed by atoms with Gasteiger partial charge >= 0.3 is 0 Å². The maximum absolute atomic E-state index is 12.8. The number of carbonyl (C=O) groups is 2. The third kappa shape index (κ3) is 4.83. The third-order valence-corrected chi connectivity index (χ3v) is 5.38. The van der Waals surface area contributed by atoms with E-state index in [1.165, 1.54) is 4.90 Å². The van der Waals surface area contributed by atoms with Gasteiger partial charge in [0.1, 0.15) is 0 Å². The van der Waals surface area contributed by atoms with Crippen molar-refractivity contribution in [1.29, 1.82) is 0 Å². The van der Waals surface area contributed by atoms with Gasteiger partial charge in [-0.3, -0.25) is 14.5 Å². The summed E-state index contributed by atoms with van der Waals surface area (Å²) in [6.07, 6.45) is 3.76. The van der Waals surface area contributed by atoms with Crippen LogP contribution >= 0.6 is 23.4 Å². The molecule has 5 nitrogen and oxygen atoms in total. The Kier molecular flexibility index (Phi) is 6.67. The number of phenolic OH excluding ortho intramolecular Hbond substituents is 1. The van der Waals surface area contributed by atoms with E-state index in [1.54, 1.807) is 42.5 Å². The number of aromatic hydroxyl groups is 1. The van der Waals surface area contributed by atoms with Crippen LogP contribution in [-0.2, 0) is 17.8 Å². The lowest BCUT2D eigenvalue weighted by Gasteiger charge is -2.13. The molecular weight excluding hydrogens is 410 g/mol. The van der Waals surface area contributed by atoms with Crippen molar-refractivity contribution in [2.45, 2.75) is 19.9 Å². The first-order valence-electron chi connectivity index (χ1n) is 9.02. The number of nitrogens with zero attached hydrogens (tertiary/aromatic N) is 1. The van der Waals surface area contributed by atoms with Crippen LogP contribution in [0.1, 0.15) is 23.6 Å². The molecule has 1 N–H and O–H groups in total. The number of ether oxygens (including phenoxy) is 1. The molecule has 0 aliphatic carbocycles. The number of amides is 2. The van der Waals surface area contributed by atoms with Crippen LogP contribution in [0.15, 0.2) is 54.0 Å². The van der Waals surface area contributed by atoms with Gasteiger partial charge < -0.3 is 9.84 Å². The van der Waals surface area contributed by atoms with Gasteiger partial charge in [-0.2, -0.15) is 0 Å². The maximum Gasteiger partial charge on any atom is 0.293 e. The minimum Gasteiger partial charge on any atom is -0.504 e. The van der Waals surface area contributed by atoms with Gasteiger partial charge in [-0.1, -0.05) is 29.8 Å². The Balaban J connectivity index is 1.89. The predicted molar refractivity (Wildman–Crippen MR) is 116 cm³/mol. The number of carbonyl (C=O) groups excluding carboxylic acids is 2. The van der Waals surface area contributed by atoms with E-state index in [9.17, 15) is 14.7 Å². The molecule has 0 bridgehead atoms. The fourth-order valence-corrected chi connectivity index (χ4v) is 4.01. The van der Waals surface area contributed by atoms with Crippen LogP contribution < -0.4 is 4.74 Å². The molecule has 0 spiro atoms. The molecule has 2 aromatic carbocycles. The maximum atomic E-state index is 12.8. The number of benzene rings is 2. The lowest BCUT2D eigenvalue weighted by Crippen LogP contribution is -2.27. The summed E-state index contributed by atoms with van der Waals surface area (Å²) in [4.78, 5) is 26.7. The van der Waals surface area contributed by atoms with Crippen molar-refractivity contribution in [3.8, 4) is 11.5 Å². The highest BCUT2D eigenvalue weighted by Crippen LogP contribution is 2.37. The fourth-order valence-electron chi connectivity index (χ4n) is 2.95. The normalized spacial score (nSPS) is 15.2. The standard InChI is InChI=1S/C22H20ClNO4S/c1-3-6-16-9-15(11-18(20(16)25)28-4-2)12-19-21(26)24(22(27)29-19)13-14-7-5-8-17(23)10-14/h3,5,7-12,25H,1,4,6,13H2,2H3/b19-12-. The minimum atomic E-state index is -0.365. The zero-order valence-corrected chi connectivity index (χ0v) is 17.4. The second kappa shape index (κ2) is 9.20. The molecule has 0 unspecified atom stereocenters. The molecule has 150 valence electrons. The summed E-state index contributed by atoms with van der Waals surface area (Å²) in [5.74, 6) is 0.0190. The number of thioether (sulfide) groups is 1. The summed E-state index contributed by atoms with van der Waals surface area (Å²) in [6.45, 7) is 6.06. The largest absolute Gasteiger partial charge is 0.504 e. The van der Waals surface area contributed by atoms with Gasteiger partial charge in [0.05, 0.1) is 18.1 Å². The summed E-state index contributed by atoms with van der Waals surface area (Å²) in [5, 5.41) is 10.5. The Morgan fingerprint density at radius 2 is 2.07 bits per heavy atom. The second-order valence-corrected chi connectivity index (χ2v) is 7.78. The zero-order valence-electron chi connectivity index (χ0n) is 15.9. The molecule has 7 heteroatoms. The first-order valence-corrected chi connectivity index (χ1v) is 10.2. The van der Waals surface area contributed by atoms with E-state index in [0.29, 0.717) is 39.8 Å². The quantitative estimate of drug-likeness (QED) is 0.471. The first-order chi connectivity index (χ1) is 13.9. The van der Waals surface area contributed by atoms with E-state index in [1.807, 2.05) is 13.0 Å². The molecule has 3 rings (SSSR count). The van der Waals surface area contributed by atoms with Gasteiger partial charge in [-0.05, 0) is 66.6 Å². The zero-order chi connectivity index (χ0) is 21.0. The molecule has 0 aromatic heterocycles. The molecule has 0 radical (unpaired) electrons. The Bertz CT molecular complexity index is 1000. The van der Waals surface area contributed by atoms with Crippen molar-refractivity contribution in [1.82, 2.24) is 4.90 Å². The molecule has 1 saturated heterocycles. The molecule has 2 amide bonds. The minimum absolute atomic E-state index is 0.0537. The van der Waals surface area contributed by atoms with Crippen molar-refractivity contribution in [3.63, 3.8) is 0 Å². The molecule has 1 aliphatic heterocycles. The molecular formula is C22H20ClNO4S. The number of rotatable bonds is 7. The van der Waals surface area contributed by atoms with Gasteiger partial charge in [0.15, 0.2) is 11.5 Å². The average Bonchev–Trinajstić information content (AvgIpc) is 2.93. The van der Waals surface area contributed by atoms with E-state index >= 15 is 0 Å². The van der Waals surface area contributed by atoms with Crippen LogP contribution in [0.4, 0.5) is 4.79 Å². The topological polar surface area (TPSA) is 66.8 Å². The number of phenols is 1. The van der Waals surface area contributed by atoms with Crippen molar-refractivity contribution >= 4 is 40.6 Å². The lowest BCUT2D eigenvalue weighted by atomic mass is 10.1. The SMILES string of the molecule is C=CCc1cc(/C=C2\SC(=O)N(Cc3cccc(Cl)c3)C2=O)cc(OCC)c1O. The third-order valence-electron chi connectivity index (χ3n) is 4.24. The van der Waals surface area contributed by atoms with Crippen LogP contribution in [0, 0.1) is 0 Å². The summed E-state index contributed by atoms with van der Waals surface area (Å²) in [6, 6.07) is 10.5. The fraction of sp³-hybridized carbons (Fsp3) is 0.182. The van der Waals surface area contributed by atoms with Gasteiger partial charge in [-0.15, -0.1) is 6.58 Å². The number of hydrogen-bond donors (Lipinski definition) is 1. The van der Waals surface area contributed by atoms with Crippen LogP contribution in [0.25, 0.3) is 6.08 Å². The Labute approximate surface area is 178 Å². The molecule has 1 aliphatic rings. The first kappa shape index (κ1) is 21.0. The summed E-state index contributed by atoms with van der Waals surface area (Å²) in [5.41, 5.74) is 2.07. The average molecular weight is 430 g/mol. The van der Waals surface area contributed by atoms with Crippen molar-refractivity contribution in [3.05, 3.63) is 75.7 Å². The van der Waals surface area contributed by atoms with E-state index in [0.717, 1.165) is 17.3 Å². The highest BCUT2D eigenvalue weighted by Gasteiger charge is 2.35. The van der Waals surface area contributed by atoms with Crippen molar-refractivity contribution in [2.75, 3.05) is 6.61 Å². The van der Waals surface area contributed by atoms with E-state index in [-0.39, 0.29) is 23.4 Å². The van der Waals surface area contributed by atoms with E-state index < -0.39 is 0 Å². The highest BCUT2D eigenvalue weighted by atomic mass is 35.5. The van der Waals surface area contributed by atoms with Crippen molar-refractivity contribution < 1.29 is 19.4 Å². The molecule has 0 saturated carbocycles. The highest BCUT2D eigenvalue weighted by molar-refractivity contribution is 8.18. The molecule has 0 atom stereocenters. The monoisotopic (exact) mass is 429 g/mol. The second-order valence-electron chi connectivity index (χ2n) is 6.35. The predicted octanol–water partition coefficient (Wildman–Crippen LogP) is 5.41. The smallest absolute Gasteiger partial charge is 0.293 e. The van der Waals surface area contributed by atoms with Crippen molar-refractivity contribution in [2.24, 2.45) is 0 Å². The van der Waals surface area contributed by atoms with Crippen LogP contribution in [-0.4, -0.2) is 27.8 Å². The van der Waals surface area contributed by atoms with Crippen LogP contribution in [0.2, 0.25) is 5.02 Å². The van der Waals surface area contributed by atoms with Gasteiger partial charge in [0, 0.05) is 10.6 Å². The summed E-state index contributed by atoms with van der Waals surface area (Å²) >= 11 is 6.87. The summed E-state index contributed by atoms with van der Waals surface area (Å²) < 4.78 is 5.49. The molecule has 2 aromatic rings. The number of hydrogen-bond acceptors (Lipinski definition) is 5. The molecule has 29 heavy (non-hydrogen) atoms. The summed E-state index contributed by atoms with van der Waals surface area (Å²) in [7, 11) is 0. The Morgan fingerprint density at radius 1 is 1.28 bits per heavy atom. The van der Waals surface area contributed by atoms with E-state index in [2.05, 4.69) is 6.58 Å². The Morgan fingerprint density at radius 3 is 2.76 bits per heavy atom. The number of allylic oxidation sites excluding steroid dienone is 1. The molecule has 1 fully saturated rings. The van der Waals surface area contributed by atoms with Gasteiger partial charge in [0.2, 0.25) is 0 Å². The number of imide groups is 1. The van der Waals surface area contributed by atoms with Crippen LogP contribution in [0.3, 0.4) is 0 Å². The van der Waals surface area contributed by atoms with Gasteiger partial charge in [0.25, 0.3) is 11.1 Å². The lowest BCUT2D eigenvalue weighted by molar-refractivity contribution is -0.123. The Hall–Kier alpha value is -2.70. The van der Waals surface area contributed by atoms with E-state index in [4.69, 9.17) is 16.3 Å². The van der Waals surface area contributed by atoms with Gasteiger partial charge in [-0.25, -0.2) is 0 Å². The molecule has 1 heterocycles.